The van der Waals surface area contributed by atoms with E-state index in [2.05, 4.69) is 23.6 Å². The third-order valence-corrected chi connectivity index (χ3v) is 4.95. The number of thiophene rings is 1. The lowest BCUT2D eigenvalue weighted by Crippen LogP contribution is -2.42. The molecule has 2 rings (SSSR count). The van der Waals surface area contributed by atoms with Crippen molar-refractivity contribution in [2.24, 2.45) is 0 Å². The first-order chi connectivity index (χ1) is 9.63. The van der Waals surface area contributed by atoms with Crippen LogP contribution in [0, 0.1) is 0 Å². The molecule has 0 saturated carbocycles. The number of carbonyl (C=O) groups excluding carboxylic acids is 2. The molecule has 2 amide bonds. The molecular formula is C15H22N2O2S. The summed E-state index contributed by atoms with van der Waals surface area (Å²) < 4.78 is 0. The van der Waals surface area contributed by atoms with Gasteiger partial charge in [0, 0.05) is 29.8 Å². The van der Waals surface area contributed by atoms with Gasteiger partial charge in [-0.05, 0) is 37.1 Å². The van der Waals surface area contributed by atoms with Crippen molar-refractivity contribution in [2.75, 3.05) is 6.54 Å². The van der Waals surface area contributed by atoms with Gasteiger partial charge in [0.1, 0.15) is 0 Å². The average Bonchev–Trinajstić information content (AvgIpc) is 3.07. The molecule has 0 unspecified atom stereocenters. The lowest BCUT2D eigenvalue weighted by atomic mass is 9.89. The molecule has 1 saturated heterocycles. The second kappa shape index (κ2) is 6.88. The first-order valence-corrected chi connectivity index (χ1v) is 8.12. The molecule has 1 atom stereocenters. The van der Waals surface area contributed by atoms with E-state index in [0.717, 1.165) is 25.7 Å². The van der Waals surface area contributed by atoms with Crippen molar-refractivity contribution < 1.29 is 9.59 Å². The molecule has 1 aromatic rings. The molecule has 0 radical (unpaired) electrons. The lowest BCUT2D eigenvalue weighted by Gasteiger charge is -2.27. The summed E-state index contributed by atoms with van der Waals surface area (Å²) >= 11 is 1.71. The Kier molecular flexibility index (Phi) is 5.17. The van der Waals surface area contributed by atoms with Gasteiger partial charge < -0.3 is 10.6 Å². The Hall–Kier alpha value is -1.36. The fourth-order valence-corrected chi connectivity index (χ4v) is 3.33. The standard InChI is InChI=1S/C15H22N2O2S/c1-2-15(9-6-14(19)17-15)8-5-13(18)16-10-7-12-4-3-11-20-12/h3-4,11H,2,5-10H2,1H3,(H,16,18)(H,17,19)/t15-/m0/s1. The zero-order chi connectivity index (χ0) is 14.4. The topological polar surface area (TPSA) is 58.2 Å². The third-order valence-electron chi connectivity index (χ3n) is 4.02. The van der Waals surface area contributed by atoms with E-state index in [1.165, 1.54) is 4.88 Å². The maximum Gasteiger partial charge on any atom is 0.220 e. The molecule has 20 heavy (non-hydrogen) atoms. The molecule has 1 aliphatic rings. The van der Waals surface area contributed by atoms with Gasteiger partial charge in [0.25, 0.3) is 0 Å². The number of carbonyl (C=O) groups is 2. The van der Waals surface area contributed by atoms with Crippen LogP contribution in [0.4, 0.5) is 0 Å². The normalized spacial score (nSPS) is 21.8. The number of rotatable bonds is 7. The second-order valence-corrected chi connectivity index (χ2v) is 6.39. The van der Waals surface area contributed by atoms with Crippen LogP contribution in [0.25, 0.3) is 0 Å². The highest BCUT2D eigenvalue weighted by molar-refractivity contribution is 7.09. The maximum atomic E-state index is 11.8. The first kappa shape index (κ1) is 15.0. The molecule has 110 valence electrons. The van der Waals surface area contributed by atoms with Crippen LogP contribution in [0.3, 0.4) is 0 Å². The van der Waals surface area contributed by atoms with Crippen molar-refractivity contribution in [3.63, 3.8) is 0 Å². The van der Waals surface area contributed by atoms with Crippen LogP contribution >= 0.6 is 11.3 Å². The first-order valence-electron chi connectivity index (χ1n) is 7.24. The van der Waals surface area contributed by atoms with Crippen molar-refractivity contribution >= 4 is 23.2 Å². The zero-order valence-corrected chi connectivity index (χ0v) is 12.7. The van der Waals surface area contributed by atoms with Crippen LogP contribution in [0.15, 0.2) is 17.5 Å². The minimum absolute atomic E-state index is 0.0792. The van der Waals surface area contributed by atoms with E-state index in [9.17, 15) is 9.59 Å². The van der Waals surface area contributed by atoms with Gasteiger partial charge in [-0.25, -0.2) is 0 Å². The Labute approximate surface area is 124 Å². The lowest BCUT2D eigenvalue weighted by molar-refractivity contribution is -0.122. The Morgan fingerprint density at radius 1 is 1.55 bits per heavy atom. The van der Waals surface area contributed by atoms with Gasteiger partial charge >= 0.3 is 0 Å². The predicted molar refractivity (Wildman–Crippen MR) is 80.7 cm³/mol. The number of amides is 2. The Morgan fingerprint density at radius 3 is 3.00 bits per heavy atom. The number of hydrogen-bond acceptors (Lipinski definition) is 3. The van der Waals surface area contributed by atoms with Crippen molar-refractivity contribution in [2.45, 2.75) is 51.0 Å². The molecule has 5 heteroatoms. The van der Waals surface area contributed by atoms with E-state index in [1.54, 1.807) is 11.3 Å². The molecule has 1 fully saturated rings. The highest BCUT2D eigenvalue weighted by Crippen LogP contribution is 2.28. The highest BCUT2D eigenvalue weighted by atomic mass is 32.1. The molecule has 1 aromatic heterocycles. The fourth-order valence-electron chi connectivity index (χ4n) is 2.62. The second-order valence-electron chi connectivity index (χ2n) is 5.36. The van der Waals surface area contributed by atoms with Crippen LogP contribution in [0.1, 0.15) is 43.9 Å². The smallest absolute Gasteiger partial charge is 0.220 e. The summed E-state index contributed by atoms with van der Waals surface area (Å²) in [6.45, 7) is 2.76. The van der Waals surface area contributed by atoms with E-state index < -0.39 is 0 Å². The summed E-state index contributed by atoms with van der Waals surface area (Å²) in [5, 5.41) is 8.03. The average molecular weight is 294 g/mol. The number of nitrogens with one attached hydrogen (secondary N) is 2. The molecule has 1 aliphatic heterocycles. The van der Waals surface area contributed by atoms with E-state index in [0.29, 0.717) is 19.4 Å². The fraction of sp³-hybridized carbons (Fsp3) is 0.600. The molecule has 2 heterocycles. The minimum Gasteiger partial charge on any atom is -0.356 e. The molecule has 2 N–H and O–H groups in total. The van der Waals surface area contributed by atoms with E-state index >= 15 is 0 Å². The molecule has 4 nitrogen and oxygen atoms in total. The minimum atomic E-state index is -0.151. The van der Waals surface area contributed by atoms with Gasteiger partial charge in [-0.15, -0.1) is 11.3 Å². The molecule has 0 aromatic carbocycles. The van der Waals surface area contributed by atoms with E-state index in [-0.39, 0.29) is 17.4 Å². The van der Waals surface area contributed by atoms with E-state index in [1.807, 2.05) is 11.4 Å². The van der Waals surface area contributed by atoms with Crippen LogP contribution < -0.4 is 10.6 Å². The summed E-state index contributed by atoms with van der Waals surface area (Å²) in [6, 6.07) is 4.10. The zero-order valence-electron chi connectivity index (χ0n) is 11.9. The van der Waals surface area contributed by atoms with Crippen molar-refractivity contribution in [1.82, 2.24) is 10.6 Å². The summed E-state index contributed by atoms with van der Waals surface area (Å²) in [5.74, 6) is 0.195. The van der Waals surface area contributed by atoms with Gasteiger partial charge in [-0.2, -0.15) is 0 Å². The maximum absolute atomic E-state index is 11.8. The van der Waals surface area contributed by atoms with Crippen LogP contribution in [0.5, 0.6) is 0 Å². The molecule has 0 spiro atoms. The monoisotopic (exact) mass is 294 g/mol. The quantitative estimate of drug-likeness (QED) is 0.810. The van der Waals surface area contributed by atoms with Gasteiger partial charge in [0.15, 0.2) is 0 Å². The van der Waals surface area contributed by atoms with Crippen molar-refractivity contribution in [3.8, 4) is 0 Å². The Bertz CT molecular complexity index is 458. The summed E-state index contributed by atoms with van der Waals surface area (Å²) in [5.41, 5.74) is -0.151. The summed E-state index contributed by atoms with van der Waals surface area (Å²) in [6.07, 6.45) is 4.44. The third kappa shape index (κ3) is 4.07. The van der Waals surface area contributed by atoms with E-state index in [4.69, 9.17) is 0 Å². The largest absolute Gasteiger partial charge is 0.356 e. The van der Waals surface area contributed by atoms with Crippen LogP contribution in [-0.2, 0) is 16.0 Å². The van der Waals surface area contributed by atoms with Gasteiger partial charge in [-0.1, -0.05) is 13.0 Å². The van der Waals surface area contributed by atoms with Crippen molar-refractivity contribution in [3.05, 3.63) is 22.4 Å². The molecule has 0 aliphatic carbocycles. The van der Waals surface area contributed by atoms with Gasteiger partial charge in [0.05, 0.1) is 0 Å². The predicted octanol–water partition coefficient (Wildman–Crippen LogP) is 2.25. The van der Waals surface area contributed by atoms with Gasteiger partial charge in [0.2, 0.25) is 11.8 Å². The SMILES string of the molecule is CC[C@]1(CCC(=O)NCCc2cccs2)CCC(=O)N1. The molecular weight excluding hydrogens is 272 g/mol. The van der Waals surface area contributed by atoms with Gasteiger partial charge in [-0.3, -0.25) is 9.59 Å². The van der Waals surface area contributed by atoms with Crippen molar-refractivity contribution in [1.29, 1.82) is 0 Å². The number of hydrogen-bond donors (Lipinski definition) is 2. The summed E-state index contributed by atoms with van der Waals surface area (Å²) in [7, 11) is 0. The van der Waals surface area contributed by atoms with Crippen LogP contribution in [0.2, 0.25) is 0 Å². The molecule has 0 bridgehead atoms. The Balaban J connectivity index is 1.68. The summed E-state index contributed by atoms with van der Waals surface area (Å²) in [4.78, 5) is 24.5. The highest BCUT2D eigenvalue weighted by Gasteiger charge is 2.35. The Morgan fingerprint density at radius 2 is 2.40 bits per heavy atom. The van der Waals surface area contributed by atoms with Crippen LogP contribution in [-0.4, -0.2) is 23.9 Å².